The van der Waals surface area contributed by atoms with Crippen molar-refractivity contribution in [1.82, 2.24) is 0 Å². The van der Waals surface area contributed by atoms with E-state index in [1.807, 2.05) is 0 Å². The van der Waals surface area contributed by atoms with Crippen LogP contribution in [0.3, 0.4) is 0 Å². The van der Waals surface area contributed by atoms with Gasteiger partial charge in [0, 0.05) is 11.8 Å². The molecule has 2 atom stereocenters. The van der Waals surface area contributed by atoms with E-state index in [4.69, 9.17) is 0 Å². The summed E-state index contributed by atoms with van der Waals surface area (Å²) in [5, 5.41) is 0. The van der Waals surface area contributed by atoms with Crippen LogP contribution in [0.1, 0.15) is 20.3 Å². The maximum absolute atomic E-state index is 2.37. The summed E-state index contributed by atoms with van der Waals surface area (Å²) < 4.78 is 1.22. The number of quaternary nitrogens is 1. The highest BCUT2D eigenvalue weighted by Crippen LogP contribution is 2.23. The molecule has 0 saturated carbocycles. The van der Waals surface area contributed by atoms with E-state index in [0.717, 1.165) is 11.8 Å². The molecule has 0 aromatic carbocycles. The van der Waals surface area contributed by atoms with E-state index in [1.165, 1.54) is 24.0 Å². The Hall–Kier alpha value is -0.0400. The quantitative estimate of drug-likeness (QED) is 0.452. The van der Waals surface area contributed by atoms with Gasteiger partial charge in [0.05, 0.1) is 27.2 Å². The van der Waals surface area contributed by atoms with E-state index in [1.54, 1.807) is 0 Å². The van der Waals surface area contributed by atoms with Gasteiger partial charge in [0.25, 0.3) is 0 Å². The monoisotopic (exact) mass is 142 g/mol. The van der Waals surface area contributed by atoms with Gasteiger partial charge in [-0.25, -0.2) is 0 Å². The molecular weight excluding hydrogens is 122 g/mol. The molecule has 1 fully saturated rings. The third kappa shape index (κ3) is 1.98. The lowest BCUT2D eigenvalue weighted by Gasteiger charge is -2.40. The first kappa shape index (κ1) is 8.06. The minimum Gasteiger partial charge on any atom is -0.328 e. The van der Waals surface area contributed by atoms with E-state index in [9.17, 15) is 0 Å². The lowest BCUT2D eigenvalue weighted by molar-refractivity contribution is -0.902. The summed E-state index contributed by atoms with van der Waals surface area (Å²) in [5.41, 5.74) is 0. The van der Waals surface area contributed by atoms with Gasteiger partial charge < -0.3 is 4.48 Å². The Morgan fingerprint density at radius 2 is 1.40 bits per heavy atom. The fourth-order valence-electron chi connectivity index (χ4n) is 2.60. The lowest BCUT2D eigenvalue weighted by Crippen LogP contribution is -2.49. The minimum absolute atomic E-state index is 0.929. The fraction of sp³-hybridized carbons (Fsp3) is 1.00. The molecule has 2 unspecified atom stereocenters. The molecule has 0 amide bonds. The Kier molecular flexibility index (Phi) is 2.04. The molecule has 10 heavy (non-hydrogen) atoms. The predicted molar refractivity (Wildman–Crippen MR) is 44.8 cm³/mol. The van der Waals surface area contributed by atoms with Crippen molar-refractivity contribution in [3.63, 3.8) is 0 Å². The molecule has 1 heteroatoms. The van der Waals surface area contributed by atoms with Crippen molar-refractivity contribution in [3.05, 3.63) is 0 Å². The van der Waals surface area contributed by atoms with Gasteiger partial charge in [-0.3, -0.25) is 0 Å². The van der Waals surface area contributed by atoms with Crippen molar-refractivity contribution in [1.29, 1.82) is 0 Å². The summed E-state index contributed by atoms with van der Waals surface area (Å²) in [4.78, 5) is 0. The molecule has 0 radical (unpaired) electrons. The summed E-state index contributed by atoms with van der Waals surface area (Å²) in [6.07, 6.45) is 1.43. The van der Waals surface area contributed by atoms with Crippen LogP contribution in [0.5, 0.6) is 0 Å². The molecule has 1 nitrogen and oxygen atoms in total. The largest absolute Gasteiger partial charge is 0.328 e. The Balaban J connectivity index is 2.51. The zero-order valence-electron chi connectivity index (χ0n) is 7.72. The standard InChI is InChI=1S/C9H20N/c1-8-5-9(2)7-10(3,4)6-8/h8-9H,5-7H2,1-4H3/q+1. The summed E-state index contributed by atoms with van der Waals surface area (Å²) in [7, 11) is 4.68. The minimum atomic E-state index is 0.929. The number of likely N-dealkylation sites (tertiary alicyclic amines) is 1. The van der Waals surface area contributed by atoms with Gasteiger partial charge in [-0.1, -0.05) is 13.8 Å². The Labute approximate surface area is 64.6 Å². The first-order chi connectivity index (χ1) is 4.49. The van der Waals surface area contributed by atoms with Crippen molar-refractivity contribution in [2.45, 2.75) is 20.3 Å². The number of hydrogen-bond acceptors (Lipinski definition) is 0. The molecule has 0 N–H and O–H groups in total. The predicted octanol–water partition coefficient (Wildman–Crippen LogP) is 1.74. The van der Waals surface area contributed by atoms with Crippen molar-refractivity contribution in [3.8, 4) is 0 Å². The molecule has 0 bridgehead atoms. The van der Waals surface area contributed by atoms with Gasteiger partial charge in [0.15, 0.2) is 0 Å². The topological polar surface area (TPSA) is 0 Å². The van der Waals surface area contributed by atoms with Gasteiger partial charge >= 0.3 is 0 Å². The number of piperidine rings is 1. The van der Waals surface area contributed by atoms with E-state index < -0.39 is 0 Å². The summed E-state index contributed by atoms with van der Waals surface area (Å²) in [6.45, 7) is 7.47. The van der Waals surface area contributed by atoms with Gasteiger partial charge in [-0.2, -0.15) is 0 Å². The molecular formula is C9H20N+. The molecule has 1 saturated heterocycles. The van der Waals surface area contributed by atoms with Gasteiger partial charge in [-0.15, -0.1) is 0 Å². The molecule has 0 aromatic rings. The van der Waals surface area contributed by atoms with Crippen molar-refractivity contribution < 1.29 is 4.48 Å². The van der Waals surface area contributed by atoms with Crippen LogP contribution in [0.25, 0.3) is 0 Å². The van der Waals surface area contributed by atoms with E-state index in [0.29, 0.717) is 0 Å². The van der Waals surface area contributed by atoms with Gasteiger partial charge in [-0.05, 0) is 6.42 Å². The summed E-state index contributed by atoms with van der Waals surface area (Å²) in [6, 6.07) is 0. The highest BCUT2D eigenvalue weighted by molar-refractivity contribution is 4.64. The first-order valence-electron chi connectivity index (χ1n) is 4.31. The Bertz CT molecular complexity index is 106. The van der Waals surface area contributed by atoms with E-state index >= 15 is 0 Å². The van der Waals surface area contributed by atoms with Gasteiger partial charge in [0.1, 0.15) is 0 Å². The molecule has 60 valence electrons. The molecule has 1 heterocycles. The second-order valence-electron chi connectivity index (χ2n) is 4.75. The second-order valence-corrected chi connectivity index (χ2v) is 4.75. The lowest BCUT2D eigenvalue weighted by atomic mass is 9.91. The van der Waals surface area contributed by atoms with Crippen LogP contribution in [0.4, 0.5) is 0 Å². The highest BCUT2D eigenvalue weighted by Gasteiger charge is 2.28. The molecule has 1 rings (SSSR count). The molecule has 0 aromatic heterocycles. The van der Waals surface area contributed by atoms with Crippen LogP contribution in [0.15, 0.2) is 0 Å². The van der Waals surface area contributed by atoms with E-state index in [2.05, 4.69) is 27.9 Å². The fourth-order valence-corrected chi connectivity index (χ4v) is 2.60. The zero-order valence-corrected chi connectivity index (χ0v) is 7.72. The number of nitrogens with zero attached hydrogens (tertiary/aromatic N) is 1. The number of hydrogen-bond donors (Lipinski definition) is 0. The van der Waals surface area contributed by atoms with Crippen LogP contribution < -0.4 is 0 Å². The average Bonchev–Trinajstić information content (AvgIpc) is 1.54. The van der Waals surface area contributed by atoms with Crippen molar-refractivity contribution >= 4 is 0 Å². The first-order valence-corrected chi connectivity index (χ1v) is 4.31. The van der Waals surface area contributed by atoms with Crippen molar-refractivity contribution in [2.75, 3.05) is 27.2 Å². The average molecular weight is 142 g/mol. The van der Waals surface area contributed by atoms with Crippen LogP contribution >= 0.6 is 0 Å². The highest BCUT2D eigenvalue weighted by atomic mass is 15.3. The van der Waals surface area contributed by atoms with Crippen LogP contribution in [0, 0.1) is 11.8 Å². The third-order valence-electron chi connectivity index (χ3n) is 2.42. The second kappa shape index (κ2) is 2.54. The maximum atomic E-state index is 2.37. The number of rotatable bonds is 0. The van der Waals surface area contributed by atoms with Crippen LogP contribution in [0.2, 0.25) is 0 Å². The smallest absolute Gasteiger partial charge is 0.0808 e. The Morgan fingerprint density at radius 3 is 1.70 bits per heavy atom. The normalized spacial score (nSPS) is 39.6. The summed E-state index contributed by atoms with van der Waals surface area (Å²) >= 11 is 0. The summed E-state index contributed by atoms with van der Waals surface area (Å²) in [5.74, 6) is 1.86. The molecule has 1 aliphatic rings. The molecule has 0 aliphatic carbocycles. The van der Waals surface area contributed by atoms with Crippen molar-refractivity contribution in [2.24, 2.45) is 11.8 Å². The Morgan fingerprint density at radius 1 is 1.00 bits per heavy atom. The SMILES string of the molecule is CC1CC(C)C[N+](C)(C)C1. The molecule has 0 spiro atoms. The molecule has 1 aliphatic heterocycles. The third-order valence-corrected chi connectivity index (χ3v) is 2.42. The van der Waals surface area contributed by atoms with Crippen LogP contribution in [-0.4, -0.2) is 31.7 Å². The zero-order chi connectivity index (χ0) is 7.78. The maximum Gasteiger partial charge on any atom is 0.0808 e. The van der Waals surface area contributed by atoms with E-state index in [-0.39, 0.29) is 0 Å². The van der Waals surface area contributed by atoms with Crippen LogP contribution in [-0.2, 0) is 0 Å². The van der Waals surface area contributed by atoms with Gasteiger partial charge in [0.2, 0.25) is 0 Å².